The predicted molar refractivity (Wildman–Crippen MR) is 59.7 cm³/mol. The van der Waals surface area contributed by atoms with Gasteiger partial charge >= 0.3 is 0 Å². The quantitative estimate of drug-likeness (QED) is 0.720. The van der Waals surface area contributed by atoms with Crippen LogP contribution in [0.15, 0.2) is 0 Å². The lowest BCUT2D eigenvalue weighted by atomic mass is 10.1. The summed E-state index contributed by atoms with van der Waals surface area (Å²) < 4.78 is 0. The van der Waals surface area contributed by atoms with Gasteiger partial charge in [-0.2, -0.15) is 0 Å². The molecule has 0 aliphatic carbocycles. The van der Waals surface area contributed by atoms with E-state index < -0.39 is 0 Å². The summed E-state index contributed by atoms with van der Waals surface area (Å²) in [5.74, 6) is 1.35. The average molecular weight is 235 g/mol. The van der Waals surface area contributed by atoms with Crippen LogP contribution in [0.1, 0.15) is 13.3 Å². The van der Waals surface area contributed by atoms with E-state index in [1.54, 1.807) is 0 Å². The number of hydrogen-bond donors (Lipinski definition) is 1. The Morgan fingerprint density at radius 2 is 2.43 bits per heavy atom. The van der Waals surface area contributed by atoms with Crippen LogP contribution in [0, 0.1) is 0 Å². The fourth-order valence-electron chi connectivity index (χ4n) is 1.90. The van der Waals surface area contributed by atoms with Crippen LogP contribution >= 0.6 is 23.4 Å². The van der Waals surface area contributed by atoms with Gasteiger partial charge in [0, 0.05) is 24.1 Å². The van der Waals surface area contributed by atoms with Gasteiger partial charge in [-0.15, -0.1) is 23.4 Å². The molecule has 2 saturated heterocycles. The van der Waals surface area contributed by atoms with Crippen molar-refractivity contribution in [1.82, 2.24) is 10.2 Å². The van der Waals surface area contributed by atoms with Gasteiger partial charge in [-0.25, -0.2) is 0 Å². The van der Waals surface area contributed by atoms with Gasteiger partial charge in [0.1, 0.15) is 4.87 Å². The number of rotatable bonds is 2. The molecule has 1 unspecified atom stereocenters. The lowest BCUT2D eigenvalue weighted by Crippen LogP contribution is -2.66. The Hall–Kier alpha value is 0.0700. The van der Waals surface area contributed by atoms with E-state index in [1.165, 1.54) is 0 Å². The van der Waals surface area contributed by atoms with E-state index in [9.17, 15) is 4.79 Å². The van der Waals surface area contributed by atoms with Gasteiger partial charge in [-0.05, 0) is 6.92 Å². The predicted octanol–water partition coefficient (Wildman–Crippen LogP) is 0.879. The van der Waals surface area contributed by atoms with Crippen LogP contribution in [0.25, 0.3) is 0 Å². The maximum Gasteiger partial charge on any atom is 0.224 e. The number of nitrogens with zero attached hydrogens (tertiary/aromatic N) is 1. The van der Waals surface area contributed by atoms with Crippen molar-refractivity contribution in [3.05, 3.63) is 0 Å². The highest BCUT2D eigenvalue weighted by atomic mass is 35.5. The van der Waals surface area contributed by atoms with Gasteiger partial charge < -0.3 is 4.90 Å². The number of carbonyl (C=O) groups excluding carboxylic acids is 1. The molecule has 2 fully saturated rings. The SMILES string of the molecule is CC(Cl)CC(=O)N1CC2(C1)NCCS2. The summed E-state index contributed by atoms with van der Waals surface area (Å²) in [6.07, 6.45) is 0.461. The van der Waals surface area contributed by atoms with E-state index in [2.05, 4.69) is 5.32 Å². The minimum Gasteiger partial charge on any atom is -0.337 e. The molecule has 0 radical (unpaired) electrons. The largest absolute Gasteiger partial charge is 0.337 e. The second-order valence-electron chi connectivity index (χ2n) is 4.00. The fraction of sp³-hybridized carbons (Fsp3) is 0.889. The van der Waals surface area contributed by atoms with E-state index in [4.69, 9.17) is 11.6 Å². The molecule has 1 amide bonds. The maximum atomic E-state index is 11.6. The zero-order chi connectivity index (χ0) is 10.2. The minimum atomic E-state index is -0.0526. The van der Waals surface area contributed by atoms with Crippen LogP contribution in [-0.2, 0) is 4.79 Å². The number of carbonyl (C=O) groups is 1. The number of nitrogens with one attached hydrogen (secondary N) is 1. The Morgan fingerprint density at radius 3 is 2.93 bits per heavy atom. The summed E-state index contributed by atoms with van der Waals surface area (Å²) in [4.78, 5) is 13.7. The monoisotopic (exact) mass is 234 g/mol. The Bertz CT molecular complexity index is 233. The molecule has 1 N–H and O–H groups in total. The Kier molecular flexibility index (Phi) is 2.96. The summed E-state index contributed by atoms with van der Waals surface area (Å²) in [7, 11) is 0. The minimum absolute atomic E-state index is 0.0526. The van der Waals surface area contributed by atoms with Gasteiger partial charge in [0.25, 0.3) is 0 Å². The molecule has 2 aliphatic rings. The fourth-order valence-corrected chi connectivity index (χ4v) is 3.32. The third-order valence-electron chi connectivity index (χ3n) is 2.63. The Balaban J connectivity index is 1.79. The summed E-state index contributed by atoms with van der Waals surface area (Å²) in [6.45, 7) is 4.62. The van der Waals surface area contributed by atoms with Gasteiger partial charge in [0.15, 0.2) is 0 Å². The summed E-state index contributed by atoms with van der Waals surface area (Å²) in [6, 6.07) is 0. The number of amides is 1. The molecule has 0 saturated carbocycles. The first-order valence-corrected chi connectivity index (χ1v) is 6.34. The van der Waals surface area contributed by atoms with E-state index in [1.807, 2.05) is 23.6 Å². The van der Waals surface area contributed by atoms with Gasteiger partial charge in [-0.1, -0.05) is 0 Å². The zero-order valence-electron chi connectivity index (χ0n) is 8.25. The molecule has 0 bridgehead atoms. The average Bonchev–Trinajstić information content (AvgIpc) is 2.47. The van der Waals surface area contributed by atoms with Crippen LogP contribution in [0.4, 0.5) is 0 Å². The van der Waals surface area contributed by atoms with Crippen molar-refractivity contribution in [3.8, 4) is 0 Å². The molecule has 0 aromatic rings. The maximum absolute atomic E-state index is 11.6. The molecule has 2 rings (SSSR count). The van der Waals surface area contributed by atoms with Crippen molar-refractivity contribution in [3.63, 3.8) is 0 Å². The molecule has 1 atom stereocenters. The van der Waals surface area contributed by atoms with Gasteiger partial charge in [0.2, 0.25) is 5.91 Å². The van der Waals surface area contributed by atoms with Crippen molar-refractivity contribution >= 4 is 29.3 Å². The molecule has 3 nitrogen and oxygen atoms in total. The highest BCUT2D eigenvalue weighted by Gasteiger charge is 2.47. The molecule has 5 heteroatoms. The zero-order valence-corrected chi connectivity index (χ0v) is 9.83. The highest BCUT2D eigenvalue weighted by molar-refractivity contribution is 8.01. The first-order valence-electron chi connectivity index (χ1n) is 4.92. The molecular formula is C9H15ClN2OS. The number of hydrogen-bond acceptors (Lipinski definition) is 3. The van der Waals surface area contributed by atoms with E-state index in [0.29, 0.717) is 6.42 Å². The van der Waals surface area contributed by atoms with Crippen molar-refractivity contribution in [1.29, 1.82) is 0 Å². The van der Waals surface area contributed by atoms with Crippen molar-refractivity contribution in [2.45, 2.75) is 23.6 Å². The first-order chi connectivity index (χ1) is 6.61. The van der Waals surface area contributed by atoms with Gasteiger partial charge in [0.05, 0.1) is 13.1 Å². The van der Waals surface area contributed by atoms with E-state index in [0.717, 1.165) is 25.4 Å². The molecule has 1 spiro atoms. The molecule has 2 aliphatic heterocycles. The van der Waals surface area contributed by atoms with Gasteiger partial charge in [-0.3, -0.25) is 10.1 Å². The Labute approximate surface area is 93.5 Å². The lowest BCUT2D eigenvalue weighted by Gasteiger charge is -2.47. The first kappa shape index (κ1) is 10.6. The molecule has 2 heterocycles. The highest BCUT2D eigenvalue weighted by Crippen LogP contribution is 2.36. The summed E-state index contributed by atoms with van der Waals surface area (Å²) in [5, 5.41) is 3.39. The molecular weight excluding hydrogens is 220 g/mol. The van der Waals surface area contributed by atoms with Crippen LogP contribution in [0.3, 0.4) is 0 Å². The molecule has 0 aromatic carbocycles. The summed E-state index contributed by atoms with van der Waals surface area (Å²) in [5.41, 5.74) is 0. The van der Waals surface area contributed by atoms with E-state index in [-0.39, 0.29) is 16.2 Å². The second-order valence-corrected chi connectivity index (χ2v) is 6.23. The third-order valence-corrected chi connectivity index (χ3v) is 4.15. The van der Waals surface area contributed by atoms with Crippen LogP contribution in [0.2, 0.25) is 0 Å². The normalized spacial score (nSPS) is 26.3. The second kappa shape index (κ2) is 3.91. The number of thioether (sulfide) groups is 1. The van der Waals surface area contributed by atoms with Crippen LogP contribution in [-0.4, -0.2) is 46.4 Å². The molecule has 0 aromatic heterocycles. The smallest absolute Gasteiger partial charge is 0.224 e. The third kappa shape index (κ3) is 2.02. The number of alkyl halides is 1. The lowest BCUT2D eigenvalue weighted by molar-refractivity contribution is -0.136. The topological polar surface area (TPSA) is 32.3 Å². The number of likely N-dealkylation sites (tertiary alicyclic amines) is 1. The van der Waals surface area contributed by atoms with Crippen molar-refractivity contribution in [2.24, 2.45) is 0 Å². The van der Waals surface area contributed by atoms with Crippen LogP contribution < -0.4 is 5.32 Å². The Morgan fingerprint density at radius 1 is 1.71 bits per heavy atom. The standard InChI is InChI=1S/C9H15ClN2OS/c1-7(10)4-8(13)12-5-9(6-12)11-2-3-14-9/h7,11H,2-6H2,1H3. The molecule has 14 heavy (non-hydrogen) atoms. The summed E-state index contributed by atoms with van der Waals surface area (Å²) >= 11 is 7.71. The van der Waals surface area contributed by atoms with Crippen molar-refractivity contribution < 1.29 is 4.79 Å². The van der Waals surface area contributed by atoms with Crippen LogP contribution in [0.5, 0.6) is 0 Å². The van der Waals surface area contributed by atoms with Crippen molar-refractivity contribution in [2.75, 3.05) is 25.4 Å². The number of halogens is 1. The molecule has 80 valence electrons. The van der Waals surface area contributed by atoms with E-state index >= 15 is 0 Å².